The fraction of sp³-hybridized carbons (Fsp3) is 0.556. The fourth-order valence-corrected chi connectivity index (χ4v) is 3.45. The number of hydrogen-bond acceptors (Lipinski definition) is 3. The summed E-state index contributed by atoms with van der Waals surface area (Å²) in [5, 5.41) is 2.73. The smallest absolute Gasteiger partial charge is 0.411 e. The van der Waals surface area contributed by atoms with Crippen molar-refractivity contribution in [1.82, 2.24) is 10.2 Å². The van der Waals surface area contributed by atoms with Crippen molar-refractivity contribution < 1.29 is 18.7 Å². The van der Waals surface area contributed by atoms with Gasteiger partial charge in [0.15, 0.2) is 0 Å². The van der Waals surface area contributed by atoms with Crippen molar-refractivity contribution in [2.75, 3.05) is 0 Å². The number of piperidine rings is 1. The molecule has 1 aromatic carbocycles. The molecule has 5 nitrogen and oxygen atoms in total. The maximum absolute atomic E-state index is 13.9. The lowest BCUT2D eigenvalue weighted by atomic mass is 10.1. The van der Waals surface area contributed by atoms with Crippen LogP contribution in [0, 0.1) is 11.7 Å². The van der Waals surface area contributed by atoms with Crippen LogP contribution in [0.2, 0.25) is 5.02 Å². The molecule has 2 fully saturated rings. The zero-order valence-corrected chi connectivity index (χ0v) is 15.3. The van der Waals surface area contributed by atoms with Crippen LogP contribution in [0.25, 0.3) is 0 Å². The van der Waals surface area contributed by atoms with E-state index in [9.17, 15) is 14.0 Å². The molecule has 0 bridgehead atoms. The van der Waals surface area contributed by atoms with Gasteiger partial charge >= 0.3 is 6.09 Å². The van der Waals surface area contributed by atoms with Crippen molar-refractivity contribution >= 4 is 23.6 Å². The molecule has 1 aliphatic heterocycles. The van der Waals surface area contributed by atoms with Crippen LogP contribution in [-0.4, -0.2) is 34.6 Å². The highest BCUT2D eigenvalue weighted by atomic mass is 35.5. The van der Waals surface area contributed by atoms with Crippen LogP contribution in [0.5, 0.6) is 0 Å². The molecule has 0 aromatic heterocycles. The number of hydrogen-bond donors (Lipinski definition) is 1. The first-order chi connectivity index (χ1) is 11.7. The molecule has 1 saturated heterocycles. The van der Waals surface area contributed by atoms with Crippen LogP contribution in [0.1, 0.15) is 39.2 Å². The predicted molar refractivity (Wildman–Crippen MR) is 91.6 cm³/mol. The second kappa shape index (κ2) is 6.48. The lowest BCUT2D eigenvalue weighted by Crippen LogP contribution is -2.49. The molecule has 1 N–H and O–H groups in total. The van der Waals surface area contributed by atoms with E-state index in [-0.39, 0.29) is 23.5 Å². The van der Waals surface area contributed by atoms with Crippen molar-refractivity contribution in [1.29, 1.82) is 0 Å². The number of carbonyl (C=O) groups is 2. The fourth-order valence-electron chi connectivity index (χ4n) is 3.25. The number of halogens is 2. The van der Waals surface area contributed by atoms with Crippen LogP contribution in [0.4, 0.5) is 9.18 Å². The van der Waals surface area contributed by atoms with E-state index in [1.807, 2.05) is 0 Å². The second-order valence-electron chi connectivity index (χ2n) is 7.63. The minimum atomic E-state index is -0.616. The van der Waals surface area contributed by atoms with E-state index < -0.39 is 23.6 Å². The Morgan fingerprint density at radius 3 is 2.76 bits per heavy atom. The zero-order chi connectivity index (χ0) is 18.4. The summed E-state index contributed by atoms with van der Waals surface area (Å²) in [4.78, 5) is 26.5. The highest BCUT2D eigenvalue weighted by Gasteiger charge is 2.57. The van der Waals surface area contributed by atoms with Gasteiger partial charge in [0, 0.05) is 18.2 Å². The number of ether oxygens (including phenoxy) is 1. The van der Waals surface area contributed by atoms with Crippen LogP contribution in [-0.2, 0) is 16.1 Å². The Kier molecular flexibility index (Phi) is 4.66. The minimum absolute atomic E-state index is 0.0178. The van der Waals surface area contributed by atoms with Gasteiger partial charge in [0.25, 0.3) is 0 Å². The first kappa shape index (κ1) is 18.0. The molecule has 0 radical (unpaired) electrons. The van der Waals surface area contributed by atoms with Gasteiger partial charge in [0.2, 0.25) is 5.91 Å². The van der Waals surface area contributed by atoms with E-state index in [1.54, 1.807) is 37.8 Å². The summed E-state index contributed by atoms with van der Waals surface area (Å²) in [5.41, 5.74) is -0.303. The molecule has 1 saturated carbocycles. The molecule has 25 heavy (non-hydrogen) atoms. The number of nitrogens with zero attached hydrogens (tertiary/aromatic N) is 1. The topological polar surface area (TPSA) is 58.6 Å². The molecule has 0 unspecified atom stereocenters. The molecule has 3 rings (SSSR count). The van der Waals surface area contributed by atoms with Crippen molar-refractivity contribution in [3.63, 3.8) is 0 Å². The summed E-state index contributed by atoms with van der Waals surface area (Å²) in [6.45, 7) is 5.41. The number of nitrogens with one attached hydrogen (secondary N) is 1. The van der Waals surface area contributed by atoms with Crippen molar-refractivity contribution in [2.45, 2.75) is 57.8 Å². The van der Waals surface area contributed by atoms with E-state index >= 15 is 0 Å². The SMILES string of the molecule is CC(C)(C)OC(=O)N1[C@@H]2C[C@@H]2C[C@H]1C(=O)NCc1cccc(Cl)c1F. The molecule has 3 atom stereocenters. The molecule has 2 aliphatic rings. The van der Waals surface area contributed by atoms with Gasteiger partial charge in [-0.3, -0.25) is 9.69 Å². The number of amides is 2. The highest BCUT2D eigenvalue weighted by Crippen LogP contribution is 2.48. The van der Waals surface area contributed by atoms with E-state index in [0.717, 1.165) is 6.42 Å². The molecule has 0 spiro atoms. The Balaban J connectivity index is 1.65. The quantitative estimate of drug-likeness (QED) is 0.888. The summed E-state index contributed by atoms with van der Waals surface area (Å²) in [6.07, 6.45) is 1.06. The average Bonchev–Trinajstić information content (AvgIpc) is 3.16. The van der Waals surface area contributed by atoms with Gasteiger partial charge in [-0.15, -0.1) is 0 Å². The molecular formula is C18H22ClFN2O3. The number of rotatable bonds is 3. The molecule has 2 amide bonds. The Morgan fingerprint density at radius 1 is 1.36 bits per heavy atom. The van der Waals surface area contributed by atoms with Crippen LogP contribution in [0.15, 0.2) is 18.2 Å². The normalized spacial score (nSPS) is 24.7. The molecule has 1 aliphatic carbocycles. The van der Waals surface area contributed by atoms with Crippen LogP contribution < -0.4 is 5.32 Å². The number of fused-ring (bicyclic) bond motifs is 1. The van der Waals surface area contributed by atoms with Crippen molar-refractivity contribution in [2.24, 2.45) is 5.92 Å². The predicted octanol–water partition coefficient (Wildman–Crippen LogP) is 3.49. The second-order valence-corrected chi connectivity index (χ2v) is 8.04. The molecule has 7 heteroatoms. The monoisotopic (exact) mass is 368 g/mol. The number of likely N-dealkylation sites (tertiary alicyclic amines) is 1. The van der Waals surface area contributed by atoms with Gasteiger partial charge < -0.3 is 10.1 Å². The van der Waals surface area contributed by atoms with Crippen LogP contribution in [0.3, 0.4) is 0 Å². The summed E-state index contributed by atoms with van der Waals surface area (Å²) in [7, 11) is 0. The summed E-state index contributed by atoms with van der Waals surface area (Å²) in [6, 6.07) is 4.16. The lowest BCUT2D eigenvalue weighted by molar-refractivity contribution is -0.126. The van der Waals surface area contributed by atoms with Gasteiger partial charge in [-0.25, -0.2) is 9.18 Å². The Bertz CT molecular complexity index is 704. The van der Waals surface area contributed by atoms with Gasteiger partial charge in [-0.1, -0.05) is 23.7 Å². The number of carbonyl (C=O) groups excluding carboxylic acids is 2. The maximum atomic E-state index is 13.9. The van der Waals surface area contributed by atoms with Crippen molar-refractivity contribution in [3.05, 3.63) is 34.6 Å². The summed E-state index contributed by atoms with van der Waals surface area (Å²) < 4.78 is 19.3. The van der Waals surface area contributed by atoms with Gasteiger partial charge in [-0.2, -0.15) is 0 Å². The van der Waals surface area contributed by atoms with Crippen molar-refractivity contribution in [3.8, 4) is 0 Å². The standard InChI is InChI=1S/C18H22ClFN2O3/c1-18(2,3)25-17(24)22-13-7-11(13)8-14(22)16(23)21-9-10-5-4-6-12(19)15(10)20/h4-6,11,13-14H,7-9H2,1-3H3,(H,21,23)/t11-,13-,14+/m1/s1. The van der Waals surface area contributed by atoms with E-state index in [2.05, 4.69) is 5.32 Å². The third-order valence-corrected chi connectivity index (χ3v) is 4.79. The third kappa shape index (κ3) is 3.89. The average molecular weight is 369 g/mol. The Labute approximate surface area is 151 Å². The molecule has 1 heterocycles. The highest BCUT2D eigenvalue weighted by molar-refractivity contribution is 6.30. The van der Waals surface area contributed by atoms with Gasteiger partial charge in [-0.05, 0) is 45.6 Å². The Hall–Kier alpha value is -1.82. The van der Waals surface area contributed by atoms with Gasteiger partial charge in [0.1, 0.15) is 17.5 Å². The summed E-state index contributed by atoms with van der Waals surface area (Å²) in [5.74, 6) is -0.480. The third-order valence-electron chi connectivity index (χ3n) is 4.50. The first-order valence-electron chi connectivity index (χ1n) is 8.39. The number of benzene rings is 1. The minimum Gasteiger partial charge on any atom is -0.444 e. The van der Waals surface area contributed by atoms with Gasteiger partial charge in [0.05, 0.1) is 5.02 Å². The first-order valence-corrected chi connectivity index (χ1v) is 8.77. The molecular weight excluding hydrogens is 347 g/mol. The molecule has 1 aromatic rings. The summed E-state index contributed by atoms with van der Waals surface area (Å²) >= 11 is 5.75. The maximum Gasteiger partial charge on any atom is 0.411 e. The Morgan fingerprint density at radius 2 is 2.08 bits per heavy atom. The largest absolute Gasteiger partial charge is 0.444 e. The van der Waals surface area contributed by atoms with E-state index in [4.69, 9.17) is 16.3 Å². The molecule has 136 valence electrons. The van der Waals surface area contributed by atoms with E-state index in [1.165, 1.54) is 6.07 Å². The zero-order valence-electron chi connectivity index (χ0n) is 14.5. The van der Waals surface area contributed by atoms with Crippen LogP contribution >= 0.6 is 11.6 Å². The lowest BCUT2D eigenvalue weighted by Gasteiger charge is -2.29. The van der Waals surface area contributed by atoms with E-state index in [0.29, 0.717) is 17.9 Å².